The first-order valence-electron chi connectivity index (χ1n) is 11.3. The largest absolute Gasteiger partial charge is 0.490 e. The smallest absolute Gasteiger partial charge is 0.125 e. The average molecular weight is 461 g/mol. The van der Waals surface area contributed by atoms with Gasteiger partial charge in [-0.2, -0.15) is 0 Å². The van der Waals surface area contributed by atoms with Crippen molar-refractivity contribution < 1.29 is 14.9 Å². The highest BCUT2D eigenvalue weighted by atomic mass is 16.5. The average Bonchev–Trinajstić information content (AvgIpc) is 3.12. The normalized spacial score (nSPS) is 20.4. The minimum Gasteiger partial charge on any atom is -0.490 e. The number of nitrogens with two attached hydrogens (primary N) is 1. The highest BCUT2D eigenvalue weighted by Gasteiger charge is 2.23. The molecule has 9 heteroatoms. The Balaban J connectivity index is 0.00000385. The van der Waals surface area contributed by atoms with Gasteiger partial charge in [-0.3, -0.25) is 0 Å². The third-order valence-electron chi connectivity index (χ3n) is 5.59. The number of nitrogens with one attached hydrogen (secondary N) is 2. The van der Waals surface area contributed by atoms with Crippen LogP contribution in [0.4, 0.5) is 5.69 Å². The second-order valence-corrected chi connectivity index (χ2v) is 8.53. The van der Waals surface area contributed by atoms with Crippen LogP contribution in [-0.4, -0.2) is 63.5 Å². The number of imidazole rings is 1. The van der Waals surface area contributed by atoms with E-state index in [4.69, 9.17) is 15.6 Å². The van der Waals surface area contributed by atoms with E-state index in [1.807, 2.05) is 30.7 Å². The number of amidine groups is 1. The predicted octanol–water partition coefficient (Wildman–Crippen LogP) is 2.34. The van der Waals surface area contributed by atoms with Gasteiger partial charge in [-0.05, 0) is 45.6 Å². The molecular weight excluding hydrogens is 420 g/mol. The van der Waals surface area contributed by atoms with Gasteiger partial charge in [0.1, 0.15) is 17.1 Å². The molecule has 33 heavy (non-hydrogen) atoms. The van der Waals surface area contributed by atoms with Crippen molar-refractivity contribution in [1.29, 1.82) is 0 Å². The van der Waals surface area contributed by atoms with Crippen molar-refractivity contribution in [2.24, 2.45) is 17.8 Å². The SMILES string of the molecule is C.C/C(=C/C(N)=Nc1cc(OC2CCC(NC[C@H](C)O)CC2)cc2c1ncn2C)NCCO. The molecule has 6 N–H and O–H groups in total. The molecule has 184 valence electrons. The summed E-state index contributed by atoms with van der Waals surface area (Å²) in [7, 11) is 1.94. The fourth-order valence-corrected chi connectivity index (χ4v) is 3.95. The van der Waals surface area contributed by atoms with Crippen molar-refractivity contribution in [2.45, 2.75) is 65.2 Å². The quantitative estimate of drug-likeness (QED) is 0.272. The Kier molecular flexibility index (Phi) is 10.1. The Labute approximate surface area is 196 Å². The fraction of sp³-hybridized carbons (Fsp3) is 0.583. The summed E-state index contributed by atoms with van der Waals surface area (Å²) in [5.41, 5.74) is 9.33. The lowest BCUT2D eigenvalue weighted by atomic mass is 9.93. The van der Waals surface area contributed by atoms with E-state index >= 15 is 0 Å². The third kappa shape index (κ3) is 7.73. The van der Waals surface area contributed by atoms with Gasteiger partial charge in [0.15, 0.2) is 0 Å². The first kappa shape index (κ1) is 26.6. The van der Waals surface area contributed by atoms with Crippen molar-refractivity contribution in [2.75, 3.05) is 19.7 Å². The number of aliphatic hydroxyl groups excluding tert-OH is 2. The van der Waals surface area contributed by atoms with Gasteiger partial charge in [0.25, 0.3) is 0 Å². The molecule has 0 bridgehead atoms. The van der Waals surface area contributed by atoms with E-state index in [0.29, 0.717) is 30.7 Å². The Morgan fingerprint density at radius 1 is 1.36 bits per heavy atom. The Bertz CT molecular complexity index is 945. The van der Waals surface area contributed by atoms with Crippen LogP contribution in [0.2, 0.25) is 0 Å². The molecule has 0 radical (unpaired) electrons. The zero-order chi connectivity index (χ0) is 23.1. The maximum Gasteiger partial charge on any atom is 0.125 e. The molecule has 3 rings (SSSR count). The number of hydrogen-bond acceptors (Lipinski definition) is 7. The van der Waals surface area contributed by atoms with Gasteiger partial charge in [-0.1, -0.05) is 7.43 Å². The van der Waals surface area contributed by atoms with Gasteiger partial charge in [0.05, 0.1) is 36.3 Å². The zero-order valence-corrected chi connectivity index (χ0v) is 19.2. The summed E-state index contributed by atoms with van der Waals surface area (Å²) in [6.07, 6.45) is 7.27. The van der Waals surface area contributed by atoms with Crippen molar-refractivity contribution in [3.05, 3.63) is 30.2 Å². The van der Waals surface area contributed by atoms with E-state index in [-0.39, 0.29) is 26.2 Å². The number of ether oxygens (including phenoxy) is 1. The summed E-state index contributed by atoms with van der Waals surface area (Å²) in [5.74, 6) is 1.11. The fourth-order valence-electron chi connectivity index (χ4n) is 3.95. The predicted molar refractivity (Wildman–Crippen MR) is 134 cm³/mol. The molecule has 1 aromatic carbocycles. The summed E-state index contributed by atoms with van der Waals surface area (Å²) in [6.45, 7) is 4.81. The molecule has 1 aromatic heterocycles. The molecule has 1 aliphatic carbocycles. The molecule has 0 amide bonds. The Morgan fingerprint density at radius 3 is 2.76 bits per heavy atom. The van der Waals surface area contributed by atoms with E-state index in [2.05, 4.69) is 20.6 Å². The van der Waals surface area contributed by atoms with Crippen molar-refractivity contribution in [1.82, 2.24) is 20.2 Å². The molecule has 1 atom stereocenters. The number of benzene rings is 1. The molecule has 2 aromatic rings. The highest BCUT2D eigenvalue weighted by molar-refractivity contribution is 5.98. The first-order valence-corrected chi connectivity index (χ1v) is 11.3. The molecule has 1 fully saturated rings. The number of aliphatic imine (C=N–C) groups is 1. The van der Waals surface area contributed by atoms with Crippen LogP contribution in [0.3, 0.4) is 0 Å². The Hall–Kier alpha value is -2.62. The van der Waals surface area contributed by atoms with Crippen LogP contribution in [-0.2, 0) is 7.05 Å². The number of aliphatic hydroxyl groups is 2. The van der Waals surface area contributed by atoms with Crippen molar-refractivity contribution in [3.63, 3.8) is 0 Å². The van der Waals surface area contributed by atoms with Crippen LogP contribution in [0, 0.1) is 0 Å². The van der Waals surface area contributed by atoms with Crippen LogP contribution in [0.15, 0.2) is 35.2 Å². The number of hydrogen-bond donors (Lipinski definition) is 5. The van der Waals surface area contributed by atoms with Gasteiger partial charge >= 0.3 is 0 Å². The van der Waals surface area contributed by atoms with E-state index in [1.165, 1.54) is 0 Å². The lowest BCUT2D eigenvalue weighted by Gasteiger charge is -2.30. The van der Waals surface area contributed by atoms with Crippen LogP contribution >= 0.6 is 0 Å². The molecule has 0 unspecified atom stereocenters. The van der Waals surface area contributed by atoms with Crippen LogP contribution < -0.4 is 21.1 Å². The maximum atomic E-state index is 9.46. The minimum absolute atomic E-state index is 0. The van der Waals surface area contributed by atoms with E-state index in [1.54, 1.807) is 19.3 Å². The van der Waals surface area contributed by atoms with Crippen LogP contribution in [0.5, 0.6) is 5.75 Å². The van der Waals surface area contributed by atoms with Crippen molar-refractivity contribution >= 4 is 22.6 Å². The summed E-state index contributed by atoms with van der Waals surface area (Å²) >= 11 is 0. The third-order valence-corrected chi connectivity index (χ3v) is 5.59. The molecule has 1 heterocycles. The molecule has 9 nitrogen and oxygen atoms in total. The molecular formula is C24H40N6O3. The van der Waals surface area contributed by atoms with Gasteiger partial charge < -0.3 is 35.9 Å². The number of nitrogens with zero attached hydrogens (tertiary/aromatic N) is 3. The van der Waals surface area contributed by atoms with E-state index in [0.717, 1.165) is 48.2 Å². The number of rotatable bonds is 10. The van der Waals surface area contributed by atoms with Gasteiger partial charge in [0, 0.05) is 44.0 Å². The monoisotopic (exact) mass is 460 g/mol. The molecule has 1 aliphatic rings. The number of aryl methyl sites for hydroxylation is 1. The van der Waals surface area contributed by atoms with Crippen LogP contribution in [0.1, 0.15) is 47.0 Å². The second-order valence-electron chi connectivity index (χ2n) is 8.53. The summed E-state index contributed by atoms with van der Waals surface area (Å²) in [4.78, 5) is 9.06. The van der Waals surface area contributed by atoms with E-state index < -0.39 is 0 Å². The second kappa shape index (κ2) is 12.6. The van der Waals surface area contributed by atoms with Crippen LogP contribution in [0.25, 0.3) is 11.0 Å². The van der Waals surface area contributed by atoms with Gasteiger partial charge in [-0.25, -0.2) is 9.98 Å². The van der Waals surface area contributed by atoms with E-state index in [9.17, 15) is 5.11 Å². The standard InChI is InChI=1S/C23H36N6O3.CH4/c1-15(25-8-9-30)10-22(24)28-20-11-19(12-21-23(20)27-14-29(21)3)32-18-6-4-17(5-7-18)26-13-16(2)31;/h10-12,14,16-18,25-26,30-31H,4-9,13H2,1-3H3,(H2,24,28);1H4/b15-10-;/t16-,17?,18?;/m0./s1. The van der Waals surface area contributed by atoms with Gasteiger partial charge in [-0.15, -0.1) is 0 Å². The zero-order valence-electron chi connectivity index (χ0n) is 19.2. The molecule has 0 saturated heterocycles. The molecule has 1 saturated carbocycles. The number of aromatic nitrogens is 2. The molecule has 0 spiro atoms. The summed E-state index contributed by atoms with van der Waals surface area (Å²) in [5, 5.41) is 24.9. The van der Waals surface area contributed by atoms with Gasteiger partial charge in [0.2, 0.25) is 0 Å². The minimum atomic E-state index is -0.329. The Morgan fingerprint density at radius 2 is 2.09 bits per heavy atom. The number of allylic oxidation sites excluding steroid dienone is 1. The summed E-state index contributed by atoms with van der Waals surface area (Å²) < 4.78 is 8.28. The molecule has 0 aliphatic heterocycles. The lowest BCUT2D eigenvalue weighted by molar-refractivity contribution is 0.131. The topological polar surface area (TPSA) is 130 Å². The highest BCUT2D eigenvalue weighted by Crippen LogP contribution is 2.32. The maximum absolute atomic E-state index is 9.46. The summed E-state index contributed by atoms with van der Waals surface area (Å²) in [6, 6.07) is 4.32. The number of fused-ring (bicyclic) bond motifs is 1. The lowest BCUT2D eigenvalue weighted by Crippen LogP contribution is -2.39. The first-order chi connectivity index (χ1) is 15.4. The van der Waals surface area contributed by atoms with Crippen molar-refractivity contribution in [3.8, 4) is 5.75 Å².